The molecule has 1 heterocycles. The fraction of sp³-hybridized carbons (Fsp3) is 0.500. The van der Waals surface area contributed by atoms with Gasteiger partial charge in [0.05, 0.1) is 8.68 Å². The lowest BCUT2D eigenvalue weighted by atomic mass is 10.5. The van der Waals surface area contributed by atoms with Crippen LogP contribution in [-0.4, -0.2) is 19.4 Å². The predicted octanol–water partition coefficient (Wildman–Crippen LogP) is 2.92. The molecule has 1 aromatic heterocycles. The molecule has 3 nitrogen and oxygen atoms in total. The second-order valence-electron chi connectivity index (χ2n) is 2.91. The van der Waals surface area contributed by atoms with E-state index in [9.17, 15) is 8.42 Å². The molecule has 0 fully saturated rings. The van der Waals surface area contributed by atoms with E-state index in [-0.39, 0.29) is 0 Å². The molecular formula is C8H11BrINO2S2. The van der Waals surface area contributed by atoms with Gasteiger partial charge in [0, 0.05) is 15.8 Å². The van der Waals surface area contributed by atoms with Crippen LogP contribution in [0.1, 0.15) is 11.3 Å². The van der Waals surface area contributed by atoms with Crippen molar-refractivity contribution in [2.24, 2.45) is 0 Å². The zero-order chi connectivity index (χ0) is 11.5. The van der Waals surface area contributed by atoms with E-state index in [4.69, 9.17) is 0 Å². The predicted molar refractivity (Wildman–Crippen MR) is 75.4 cm³/mol. The van der Waals surface area contributed by atoms with E-state index in [0.29, 0.717) is 11.4 Å². The van der Waals surface area contributed by atoms with E-state index < -0.39 is 10.0 Å². The van der Waals surface area contributed by atoms with Crippen molar-refractivity contribution in [3.8, 4) is 0 Å². The fourth-order valence-corrected chi connectivity index (χ4v) is 4.92. The van der Waals surface area contributed by atoms with Crippen molar-refractivity contribution in [2.45, 2.75) is 18.2 Å². The van der Waals surface area contributed by atoms with Gasteiger partial charge >= 0.3 is 0 Å². The van der Waals surface area contributed by atoms with Crippen molar-refractivity contribution in [2.75, 3.05) is 11.0 Å². The molecule has 0 radical (unpaired) electrons. The molecule has 0 aliphatic heterocycles. The van der Waals surface area contributed by atoms with Crippen LogP contribution in [0.4, 0.5) is 0 Å². The summed E-state index contributed by atoms with van der Waals surface area (Å²) in [5, 5.41) is 0. The number of rotatable bonds is 5. The molecule has 0 saturated heterocycles. The summed E-state index contributed by atoms with van der Waals surface area (Å²) in [4.78, 5) is 1.19. The topological polar surface area (TPSA) is 46.2 Å². The van der Waals surface area contributed by atoms with Gasteiger partial charge in [-0.05, 0) is 35.3 Å². The molecular weight excluding hydrogens is 413 g/mol. The summed E-state index contributed by atoms with van der Waals surface area (Å²) in [5.41, 5.74) is 0. The second kappa shape index (κ2) is 5.95. The minimum atomic E-state index is -3.32. The quantitative estimate of drug-likeness (QED) is 0.449. The van der Waals surface area contributed by atoms with Gasteiger partial charge in [0.1, 0.15) is 0 Å². The maximum absolute atomic E-state index is 11.8. The van der Waals surface area contributed by atoms with Crippen molar-refractivity contribution in [1.29, 1.82) is 0 Å². The van der Waals surface area contributed by atoms with Crippen LogP contribution < -0.4 is 4.72 Å². The Morgan fingerprint density at radius 3 is 2.73 bits per heavy atom. The zero-order valence-electron chi connectivity index (χ0n) is 8.09. The summed E-state index contributed by atoms with van der Waals surface area (Å²) in [5.74, 6) is 0. The molecule has 86 valence electrons. The summed E-state index contributed by atoms with van der Waals surface area (Å²) in [6.45, 7) is 2.31. The van der Waals surface area contributed by atoms with E-state index >= 15 is 0 Å². The molecule has 1 rings (SSSR count). The molecule has 0 bridgehead atoms. The van der Waals surface area contributed by atoms with Crippen LogP contribution in [0.5, 0.6) is 0 Å². The first-order valence-electron chi connectivity index (χ1n) is 4.29. The van der Waals surface area contributed by atoms with Gasteiger partial charge in [-0.15, -0.1) is 11.3 Å². The Labute approximate surface area is 116 Å². The van der Waals surface area contributed by atoms with Gasteiger partial charge in [0.25, 0.3) is 0 Å². The molecule has 15 heavy (non-hydrogen) atoms. The summed E-state index contributed by atoms with van der Waals surface area (Å²) in [6, 6.07) is 1.65. The zero-order valence-corrected chi connectivity index (χ0v) is 13.5. The van der Waals surface area contributed by atoms with Crippen LogP contribution >= 0.6 is 49.9 Å². The number of thiophene rings is 1. The van der Waals surface area contributed by atoms with Gasteiger partial charge in [0.2, 0.25) is 10.0 Å². The summed E-state index contributed by atoms with van der Waals surface area (Å²) in [6.07, 6.45) is 0.851. The van der Waals surface area contributed by atoms with E-state index in [1.807, 2.05) is 6.92 Å². The highest BCUT2D eigenvalue weighted by molar-refractivity contribution is 14.1. The smallest absolute Gasteiger partial charge is 0.211 e. The van der Waals surface area contributed by atoms with Gasteiger partial charge in [-0.2, -0.15) is 0 Å². The van der Waals surface area contributed by atoms with Gasteiger partial charge in [-0.25, -0.2) is 13.1 Å². The van der Waals surface area contributed by atoms with Gasteiger partial charge < -0.3 is 0 Å². The maximum atomic E-state index is 11.8. The minimum Gasteiger partial charge on any atom is -0.211 e. The molecule has 0 saturated carbocycles. The van der Waals surface area contributed by atoms with Gasteiger partial charge in [-0.1, -0.05) is 22.6 Å². The third-order valence-corrected chi connectivity index (χ3v) is 5.77. The Morgan fingerprint density at radius 2 is 2.27 bits per heavy atom. The molecule has 1 N–H and O–H groups in total. The largest absolute Gasteiger partial charge is 0.241 e. The summed E-state index contributed by atoms with van der Waals surface area (Å²) >= 11 is 6.94. The highest BCUT2D eigenvalue weighted by Crippen LogP contribution is 2.29. The Balaban J connectivity index is 2.82. The standard InChI is InChI=1S/C8H11BrINO2S2/c1-6-7(5-8(9)14-6)15(12,13)11-4-2-3-10/h5,11H,2-4H2,1H3. The van der Waals surface area contributed by atoms with Crippen LogP contribution in [0.15, 0.2) is 14.7 Å². The third kappa shape index (κ3) is 3.95. The van der Waals surface area contributed by atoms with Crippen molar-refractivity contribution < 1.29 is 8.42 Å². The lowest BCUT2D eigenvalue weighted by molar-refractivity contribution is 0.581. The van der Waals surface area contributed by atoms with E-state index in [2.05, 4.69) is 43.2 Å². The normalized spacial score (nSPS) is 11.9. The molecule has 7 heteroatoms. The molecule has 0 atom stereocenters. The number of sulfonamides is 1. The molecule has 0 aliphatic carbocycles. The minimum absolute atomic E-state index is 0.382. The Morgan fingerprint density at radius 1 is 1.60 bits per heavy atom. The van der Waals surface area contributed by atoms with Crippen LogP contribution in [-0.2, 0) is 10.0 Å². The number of halogens is 2. The Hall–Kier alpha value is 0.820. The fourth-order valence-electron chi connectivity index (χ4n) is 1.05. The van der Waals surface area contributed by atoms with Crippen molar-refractivity contribution in [3.63, 3.8) is 0 Å². The summed E-state index contributed by atoms with van der Waals surface area (Å²) < 4.78 is 28.0. The Kier molecular flexibility index (Phi) is 5.50. The number of hydrogen-bond acceptors (Lipinski definition) is 3. The molecule has 0 spiro atoms. The van der Waals surface area contributed by atoms with Crippen LogP contribution in [0, 0.1) is 6.92 Å². The van der Waals surface area contributed by atoms with E-state index in [1.165, 1.54) is 11.3 Å². The molecule has 0 aliphatic rings. The molecule has 1 aromatic rings. The lowest BCUT2D eigenvalue weighted by Gasteiger charge is -2.04. The Bertz CT molecular complexity index is 430. The first kappa shape index (κ1) is 13.9. The number of alkyl halides is 1. The molecule has 0 unspecified atom stereocenters. The third-order valence-electron chi connectivity index (χ3n) is 1.73. The van der Waals surface area contributed by atoms with E-state index in [1.54, 1.807) is 6.07 Å². The number of aryl methyl sites for hydroxylation is 1. The average Bonchev–Trinajstić information content (AvgIpc) is 2.46. The van der Waals surface area contributed by atoms with Gasteiger partial charge in [-0.3, -0.25) is 0 Å². The van der Waals surface area contributed by atoms with Crippen molar-refractivity contribution in [3.05, 3.63) is 14.7 Å². The lowest BCUT2D eigenvalue weighted by Crippen LogP contribution is -2.25. The monoisotopic (exact) mass is 423 g/mol. The maximum Gasteiger partial charge on any atom is 0.241 e. The SMILES string of the molecule is Cc1sc(Br)cc1S(=O)(=O)NCCCI. The van der Waals surface area contributed by atoms with Crippen LogP contribution in [0.25, 0.3) is 0 Å². The highest BCUT2D eigenvalue weighted by atomic mass is 127. The van der Waals surface area contributed by atoms with Crippen molar-refractivity contribution in [1.82, 2.24) is 4.72 Å². The first-order valence-corrected chi connectivity index (χ1v) is 8.91. The van der Waals surface area contributed by atoms with Gasteiger partial charge in [0.15, 0.2) is 0 Å². The summed E-state index contributed by atoms with van der Waals surface area (Å²) in [7, 11) is -3.32. The second-order valence-corrected chi connectivity index (χ2v) is 8.36. The average molecular weight is 424 g/mol. The van der Waals surface area contributed by atoms with Crippen molar-refractivity contribution >= 4 is 59.9 Å². The van der Waals surface area contributed by atoms with Crippen LogP contribution in [0.3, 0.4) is 0 Å². The first-order chi connectivity index (χ1) is 6.97. The number of hydrogen-bond donors (Lipinski definition) is 1. The highest BCUT2D eigenvalue weighted by Gasteiger charge is 2.18. The number of nitrogens with one attached hydrogen (secondary N) is 1. The van der Waals surface area contributed by atoms with E-state index in [0.717, 1.165) is 19.5 Å². The molecule has 0 amide bonds. The molecule has 0 aromatic carbocycles. The van der Waals surface area contributed by atoms with Crippen LogP contribution in [0.2, 0.25) is 0 Å².